The van der Waals surface area contributed by atoms with Crippen LogP contribution in [-0.4, -0.2) is 36.4 Å². The van der Waals surface area contributed by atoms with Crippen molar-refractivity contribution in [2.75, 3.05) is 25.1 Å². The number of aromatic nitrogens is 2. The lowest BCUT2D eigenvalue weighted by Gasteiger charge is -2.07. The summed E-state index contributed by atoms with van der Waals surface area (Å²) in [5, 5.41) is 8.86. The molecule has 1 aromatic heterocycles. The molecule has 0 amide bonds. The van der Waals surface area contributed by atoms with Crippen molar-refractivity contribution in [3.8, 4) is 0 Å². The van der Waals surface area contributed by atoms with Crippen LogP contribution in [-0.2, 0) is 10.9 Å². The van der Waals surface area contributed by atoms with E-state index in [-0.39, 0.29) is 19.0 Å². The maximum Gasteiger partial charge on any atom is 0.435 e. The number of hydrogen-bond donors (Lipinski definition) is 1. The van der Waals surface area contributed by atoms with Gasteiger partial charge < -0.3 is 10.1 Å². The molecule has 0 atom stereocenters. The SMILES string of the molecule is FC(F)COCCNc1ccc(C(F)(F)F)nn1. The lowest BCUT2D eigenvalue weighted by molar-refractivity contribution is -0.141. The number of halogens is 5. The molecular weight excluding hydrogens is 261 g/mol. The van der Waals surface area contributed by atoms with E-state index in [0.717, 1.165) is 12.1 Å². The van der Waals surface area contributed by atoms with Crippen LogP contribution in [0.4, 0.5) is 27.8 Å². The first-order chi connectivity index (χ1) is 8.39. The molecule has 0 radical (unpaired) electrons. The molecule has 1 N–H and O–H groups in total. The average molecular weight is 271 g/mol. The molecule has 0 aromatic carbocycles. The van der Waals surface area contributed by atoms with Gasteiger partial charge in [-0.2, -0.15) is 13.2 Å². The van der Waals surface area contributed by atoms with Crippen molar-refractivity contribution < 1.29 is 26.7 Å². The van der Waals surface area contributed by atoms with Crippen molar-refractivity contribution in [2.24, 2.45) is 0 Å². The van der Waals surface area contributed by atoms with Crippen LogP contribution < -0.4 is 5.32 Å². The highest BCUT2D eigenvalue weighted by atomic mass is 19.4. The van der Waals surface area contributed by atoms with Crippen LogP contribution in [0, 0.1) is 0 Å². The summed E-state index contributed by atoms with van der Waals surface area (Å²) in [6.45, 7) is -0.541. The summed E-state index contributed by atoms with van der Waals surface area (Å²) in [6, 6.07) is 1.87. The Balaban J connectivity index is 2.31. The van der Waals surface area contributed by atoms with Gasteiger partial charge in [0.1, 0.15) is 12.4 Å². The summed E-state index contributed by atoms with van der Waals surface area (Å²) in [5.74, 6) is 0.114. The number of hydrogen-bond acceptors (Lipinski definition) is 4. The third-order valence-corrected chi connectivity index (χ3v) is 1.75. The van der Waals surface area contributed by atoms with Gasteiger partial charge in [0.15, 0.2) is 5.69 Å². The van der Waals surface area contributed by atoms with Crippen LogP contribution in [0.15, 0.2) is 12.1 Å². The number of ether oxygens (including phenoxy) is 1. The van der Waals surface area contributed by atoms with Gasteiger partial charge in [-0.15, -0.1) is 10.2 Å². The number of nitrogens with one attached hydrogen (secondary N) is 1. The van der Waals surface area contributed by atoms with E-state index in [2.05, 4.69) is 20.3 Å². The third-order valence-electron chi connectivity index (χ3n) is 1.75. The zero-order valence-electron chi connectivity index (χ0n) is 9.05. The molecule has 0 fully saturated rings. The Morgan fingerprint density at radius 2 is 1.94 bits per heavy atom. The third kappa shape index (κ3) is 5.21. The standard InChI is InChI=1S/C9H10F5N3O/c10-7(11)5-18-4-3-15-8-2-1-6(16-17-8)9(12,13)14/h1-2,7H,3-5H2,(H,15,17). The molecule has 0 saturated carbocycles. The predicted molar refractivity (Wildman–Crippen MR) is 52.3 cm³/mol. The van der Waals surface area contributed by atoms with E-state index in [1.165, 1.54) is 0 Å². The largest absolute Gasteiger partial charge is 0.435 e. The molecule has 18 heavy (non-hydrogen) atoms. The van der Waals surface area contributed by atoms with Crippen LogP contribution in [0.25, 0.3) is 0 Å². The molecule has 0 bridgehead atoms. The Bertz CT molecular complexity index is 354. The van der Waals surface area contributed by atoms with E-state index < -0.39 is 24.9 Å². The molecule has 1 heterocycles. The maximum absolute atomic E-state index is 12.1. The number of rotatable bonds is 6. The molecule has 0 spiro atoms. The summed E-state index contributed by atoms with van der Waals surface area (Å²) in [5.41, 5.74) is -1.10. The molecule has 0 aliphatic heterocycles. The highest BCUT2D eigenvalue weighted by Gasteiger charge is 2.32. The summed E-state index contributed by atoms with van der Waals surface area (Å²) >= 11 is 0. The van der Waals surface area contributed by atoms with Crippen LogP contribution in [0.2, 0.25) is 0 Å². The first kappa shape index (κ1) is 14.6. The van der Waals surface area contributed by atoms with Gasteiger partial charge >= 0.3 is 6.18 Å². The first-order valence-corrected chi connectivity index (χ1v) is 4.90. The van der Waals surface area contributed by atoms with Gasteiger partial charge in [-0.05, 0) is 12.1 Å². The highest BCUT2D eigenvalue weighted by molar-refractivity contribution is 5.33. The van der Waals surface area contributed by atoms with Crippen LogP contribution in [0.1, 0.15) is 5.69 Å². The van der Waals surface area contributed by atoms with E-state index in [1.54, 1.807) is 0 Å². The minimum Gasteiger partial charge on any atom is -0.374 e. The number of alkyl halides is 5. The summed E-state index contributed by atoms with van der Waals surface area (Å²) < 4.78 is 64.3. The second kappa shape index (κ2) is 6.43. The minimum absolute atomic E-state index is 0.00690. The predicted octanol–water partition coefficient (Wildman–Crippen LogP) is 2.19. The Kier molecular flexibility index (Phi) is 5.20. The molecule has 0 saturated heterocycles. The van der Waals surface area contributed by atoms with Crippen molar-refractivity contribution in [3.63, 3.8) is 0 Å². The summed E-state index contributed by atoms with van der Waals surface area (Å²) in [7, 11) is 0. The van der Waals surface area contributed by atoms with E-state index >= 15 is 0 Å². The smallest absolute Gasteiger partial charge is 0.374 e. The van der Waals surface area contributed by atoms with Gasteiger partial charge in [0.25, 0.3) is 6.43 Å². The lowest BCUT2D eigenvalue weighted by atomic mass is 10.4. The Morgan fingerprint density at radius 1 is 1.22 bits per heavy atom. The number of anilines is 1. The zero-order valence-corrected chi connectivity index (χ0v) is 9.05. The van der Waals surface area contributed by atoms with Gasteiger partial charge in [-0.25, -0.2) is 8.78 Å². The maximum atomic E-state index is 12.1. The molecule has 1 aromatic rings. The monoisotopic (exact) mass is 271 g/mol. The average Bonchev–Trinajstić information content (AvgIpc) is 2.27. The molecule has 0 aliphatic carbocycles. The summed E-state index contributed by atoms with van der Waals surface area (Å²) in [6.07, 6.45) is -7.08. The molecular formula is C9H10F5N3O. The molecule has 0 aliphatic rings. The Hall–Kier alpha value is -1.51. The van der Waals surface area contributed by atoms with Crippen LogP contribution in [0.3, 0.4) is 0 Å². The highest BCUT2D eigenvalue weighted by Crippen LogP contribution is 2.26. The minimum atomic E-state index is -4.54. The van der Waals surface area contributed by atoms with E-state index in [0.29, 0.717) is 0 Å². The Labute approximate surface area is 99.2 Å². The van der Waals surface area contributed by atoms with Crippen LogP contribution >= 0.6 is 0 Å². The molecule has 0 unspecified atom stereocenters. The summed E-state index contributed by atoms with van der Waals surface area (Å²) in [4.78, 5) is 0. The topological polar surface area (TPSA) is 47.0 Å². The van der Waals surface area contributed by atoms with Crippen molar-refractivity contribution in [1.29, 1.82) is 0 Å². The van der Waals surface area contributed by atoms with Gasteiger partial charge in [0.05, 0.1) is 6.61 Å². The number of nitrogens with zero attached hydrogens (tertiary/aromatic N) is 2. The molecule has 102 valence electrons. The van der Waals surface area contributed by atoms with Gasteiger partial charge in [0, 0.05) is 6.54 Å². The van der Waals surface area contributed by atoms with Crippen molar-refractivity contribution in [3.05, 3.63) is 17.8 Å². The van der Waals surface area contributed by atoms with Crippen molar-refractivity contribution in [1.82, 2.24) is 10.2 Å². The first-order valence-electron chi connectivity index (χ1n) is 4.90. The molecule has 4 nitrogen and oxygen atoms in total. The van der Waals surface area contributed by atoms with E-state index in [9.17, 15) is 22.0 Å². The second-order valence-corrected chi connectivity index (χ2v) is 3.19. The molecule has 1 rings (SSSR count). The lowest BCUT2D eigenvalue weighted by Crippen LogP contribution is -2.15. The fraction of sp³-hybridized carbons (Fsp3) is 0.556. The van der Waals surface area contributed by atoms with E-state index in [4.69, 9.17) is 0 Å². The van der Waals surface area contributed by atoms with Gasteiger partial charge in [-0.3, -0.25) is 0 Å². The van der Waals surface area contributed by atoms with Crippen molar-refractivity contribution >= 4 is 5.82 Å². The molecule has 9 heteroatoms. The zero-order chi connectivity index (χ0) is 13.6. The fourth-order valence-electron chi connectivity index (χ4n) is 1.00. The van der Waals surface area contributed by atoms with Gasteiger partial charge in [-0.1, -0.05) is 0 Å². The van der Waals surface area contributed by atoms with Crippen molar-refractivity contribution in [2.45, 2.75) is 12.6 Å². The van der Waals surface area contributed by atoms with E-state index in [1.807, 2.05) is 0 Å². The Morgan fingerprint density at radius 3 is 2.44 bits per heavy atom. The van der Waals surface area contributed by atoms with Gasteiger partial charge in [0.2, 0.25) is 0 Å². The normalized spacial score (nSPS) is 11.9. The second-order valence-electron chi connectivity index (χ2n) is 3.19. The quantitative estimate of drug-likeness (QED) is 0.636. The fourth-order valence-corrected chi connectivity index (χ4v) is 1.00. The van der Waals surface area contributed by atoms with Crippen LogP contribution in [0.5, 0.6) is 0 Å².